The summed E-state index contributed by atoms with van der Waals surface area (Å²) in [5, 5.41) is 4.34. The van der Waals surface area contributed by atoms with E-state index in [0.29, 0.717) is 41.5 Å². The molecule has 1 aliphatic heterocycles. The summed E-state index contributed by atoms with van der Waals surface area (Å²) in [6, 6.07) is 5.86. The van der Waals surface area contributed by atoms with Crippen molar-refractivity contribution in [2.75, 3.05) is 18.0 Å². The molecular weight excluding hydrogens is 442 g/mol. The van der Waals surface area contributed by atoms with Crippen molar-refractivity contribution in [3.8, 4) is 11.8 Å². The third kappa shape index (κ3) is 4.19. The van der Waals surface area contributed by atoms with Crippen LogP contribution in [0.5, 0.6) is 0 Å². The number of oxazole rings is 1. The molecule has 0 bridgehead atoms. The maximum Gasteiger partial charge on any atom is 0.293 e. The molecular formula is C23H26ClN7O2. The quantitative estimate of drug-likeness (QED) is 0.459. The van der Waals surface area contributed by atoms with Gasteiger partial charge in [0, 0.05) is 19.1 Å². The second-order valence-corrected chi connectivity index (χ2v) is 8.14. The smallest absolute Gasteiger partial charge is 0.293 e. The highest BCUT2D eigenvalue weighted by molar-refractivity contribution is 5.85. The van der Waals surface area contributed by atoms with Crippen LogP contribution in [0.25, 0.3) is 22.1 Å². The van der Waals surface area contributed by atoms with Crippen LogP contribution < -0.4 is 16.2 Å². The fraction of sp³-hybridized carbons (Fsp3) is 0.391. The van der Waals surface area contributed by atoms with Crippen LogP contribution in [0.3, 0.4) is 0 Å². The van der Waals surface area contributed by atoms with Gasteiger partial charge in [-0.15, -0.1) is 18.3 Å². The summed E-state index contributed by atoms with van der Waals surface area (Å²) >= 11 is 0. The van der Waals surface area contributed by atoms with E-state index in [1.54, 1.807) is 13.1 Å². The second kappa shape index (κ2) is 9.25. The van der Waals surface area contributed by atoms with Gasteiger partial charge in [0.25, 0.3) is 5.56 Å². The zero-order chi connectivity index (χ0) is 22.2. The zero-order valence-electron chi connectivity index (χ0n) is 18.6. The van der Waals surface area contributed by atoms with Gasteiger partial charge in [-0.2, -0.15) is 5.10 Å². The van der Waals surface area contributed by atoms with Gasteiger partial charge in [0.1, 0.15) is 23.1 Å². The van der Waals surface area contributed by atoms with Gasteiger partial charge < -0.3 is 15.1 Å². The first kappa shape index (κ1) is 22.8. The minimum atomic E-state index is -0.251. The molecule has 1 saturated heterocycles. The first-order valence-corrected chi connectivity index (χ1v) is 10.8. The first-order valence-electron chi connectivity index (χ1n) is 10.8. The van der Waals surface area contributed by atoms with E-state index in [4.69, 9.17) is 15.1 Å². The van der Waals surface area contributed by atoms with Gasteiger partial charge >= 0.3 is 0 Å². The van der Waals surface area contributed by atoms with E-state index in [0.717, 1.165) is 30.5 Å². The van der Waals surface area contributed by atoms with E-state index in [2.05, 4.69) is 26.8 Å². The van der Waals surface area contributed by atoms with Gasteiger partial charge in [0.05, 0.1) is 12.7 Å². The Morgan fingerprint density at radius 3 is 2.91 bits per heavy atom. The topological polar surface area (TPSA) is 108 Å². The van der Waals surface area contributed by atoms with Crippen molar-refractivity contribution >= 4 is 40.5 Å². The number of hydrogen-bond acceptors (Lipinski definition) is 7. The number of nitrogens with two attached hydrogens (primary N) is 1. The van der Waals surface area contributed by atoms with Gasteiger partial charge in [-0.05, 0) is 38.3 Å². The number of aromatic nitrogens is 5. The minimum absolute atomic E-state index is 0. The lowest BCUT2D eigenvalue weighted by Gasteiger charge is -2.31. The summed E-state index contributed by atoms with van der Waals surface area (Å²) in [6.07, 6.45) is 3.60. The van der Waals surface area contributed by atoms with Gasteiger partial charge in [0.2, 0.25) is 11.8 Å². The summed E-state index contributed by atoms with van der Waals surface area (Å²) in [5.74, 6) is 7.13. The normalized spacial score (nSPS) is 16.0. The number of imidazole rings is 1. The van der Waals surface area contributed by atoms with Gasteiger partial charge in [-0.25, -0.2) is 14.6 Å². The number of para-hydroxylation sites is 1. The third-order valence-corrected chi connectivity index (χ3v) is 5.84. The van der Waals surface area contributed by atoms with Gasteiger partial charge in [0.15, 0.2) is 5.58 Å². The third-order valence-electron chi connectivity index (χ3n) is 5.84. The maximum atomic E-state index is 13.4. The molecule has 1 fully saturated rings. The first-order chi connectivity index (χ1) is 15.5. The molecule has 172 valence electrons. The summed E-state index contributed by atoms with van der Waals surface area (Å²) in [5.41, 5.74) is 9.47. The molecule has 2 N–H and O–H groups in total. The fourth-order valence-corrected chi connectivity index (χ4v) is 4.25. The number of hydrogen-bond donors (Lipinski definition) is 1. The fourth-order valence-electron chi connectivity index (χ4n) is 4.25. The molecule has 0 spiro atoms. The average molecular weight is 468 g/mol. The van der Waals surface area contributed by atoms with E-state index in [-0.39, 0.29) is 30.6 Å². The van der Waals surface area contributed by atoms with Crippen molar-refractivity contribution in [1.82, 2.24) is 24.3 Å². The van der Waals surface area contributed by atoms with Crippen LogP contribution in [0.4, 0.5) is 5.95 Å². The summed E-state index contributed by atoms with van der Waals surface area (Å²) in [4.78, 5) is 24.9. The lowest BCUT2D eigenvalue weighted by atomic mass is 10.1. The lowest BCUT2D eigenvalue weighted by molar-refractivity contribution is 0.482. The Hall–Kier alpha value is -3.35. The highest BCUT2D eigenvalue weighted by Crippen LogP contribution is 2.23. The standard InChI is InChI=1S/C23H25N7O2.ClH/c1-3-4-11-29-21-17(26-23(29)28-10-6-8-16(24)13-28)12-25-30(22(21)31)14-19-27-20-15(2)7-5-9-18(20)32-19;/h5,7,9,12,16H,6,8,10-11,13-14,24H2,1-2H3;1H. The maximum absolute atomic E-state index is 13.4. The van der Waals surface area contributed by atoms with Crippen LogP contribution in [-0.4, -0.2) is 43.4 Å². The van der Waals surface area contributed by atoms with E-state index in [9.17, 15) is 4.79 Å². The summed E-state index contributed by atoms with van der Waals surface area (Å²) < 4.78 is 9.09. The summed E-state index contributed by atoms with van der Waals surface area (Å²) in [6.45, 7) is 5.82. The van der Waals surface area contributed by atoms with Crippen molar-refractivity contribution in [2.24, 2.45) is 5.73 Å². The molecule has 3 aromatic heterocycles. The summed E-state index contributed by atoms with van der Waals surface area (Å²) in [7, 11) is 0. The van der Waals surface area contributed by atoms with Crippen LogP contribution in [0, 0.1) is 18.8 Å². The Morgan fingerprint density at radius 2 is 2.15 bits per heavy atom. The van der Waals surface area contributed by atoms with Crippen LogP contribution in [-0.2, 0) is 13.1 Å². The zero-order valence-corrected chi connectivity index (χ0v) is 19.4. The highest BCUT2D eigenvalue weighted by atomic mass is 35.5. The number of nitrogens with zero attached hydrogens (tertiary/aromatic N) is 6. The van der Waals surface area contributed by atoms with Crippen LogP contribution in [0.15, 0.2) is 33.6 Å². The molecule has 0 amide bonds. The molecule has 0 radical (unpaired) electrons. The molecule has 10 heteroatoms. The Balaban J connectivity index is 0.00000259. The van der Waals surface area contributed by atoms with Gasteiger partial charge in [-0.3, -0.25) is 9.36 Å². The number of anilines is 1. The lowest BCUT2D eigenvalue weighted by Crippen LogP contribution is -2.44. The van der Waals surface area contributed by atoms with E-state index in [1.165, 1.54) is 4.68 Å². The number of benzene rings is 1. The molecule has 0 saturated carbocycles. The monoisotopic (exact) mass is 467 g/mol. The van der Waals surface area contributed by atoms with Crippen molar-refractivity contribution in [3.63, 3.8) is 0 Å². The molecule has 1 unspecified atom stereocenters. The van der Waals surface area contributed by atoms with Crippen molar-refractivity contribution in [2.45, 2.75) is 45.8 Å². The van der Waals surface area contributed by atoms with Crippen LogP contribution >= 0.6 is 12.4 Å². The highest BCUT2D eigenvalue weighted by Gasteiger charge is 2.24. The number of aryl methyl sites for hydroxylation is 1. The van der Waals surface area contributed by atoms with Gasteiger partial charge in [-0.1, -0.05) is 18.1 Å². The van der Waals surface area contributed by atoms with Crippen molar-refractivity contribution in [3.05, 3.63) is 46.2 Å². The number of piperidine rings is 1. The molecule has 0 aliphatic carbocycles. The predicted molar refractivity (Wildman–Crippen MR) is 130 cm³/mol. The number of fused-ring (bicyclic) bond motifs is 2. The molecule has 1 aromatic carbocycles. The molecule has 33 heavy (non-hydrogen) atoms. The Morgan fingerprint density at radius 1 is 1.30 bits per heavy atom. The molecule has 1 aliphatic rings. The molecule has 4 heterocycles. The van der Waals surface area contributed by atoms with Crippen molar-refractivity contribution in [1.29, 1.82) is 0 Å². The van der Waals surface area contributed by atoms with Crippen molar-refractivity contribution < 1.29 is 4.42 Å². The van der Waals surface area contributed by atoms with E-state index >= 15 is 0 Å². The molecule has 9 nitrogen and oxygen atoms in total. The van der Waals surface area contributed by atoms with E-state index < -0.39 is 0 Å². The largest absolute Gasteiger partial charge is 0.439 e. The van der Waals surface area contributed by atoms with E-state index in [1.807, 2.05) is 29.7 Å². The molecule has 4 aromatic rings. The van der Waals surface area contributed by atoms with Crippen LogP contribution in [0.1, 0.15) is 31.2 Å². The average Bonchev–Trinajstić information content (AvgIpc) is 3.36. The Labute approximate surface area is 197 Å². The Kier molecular flexibility index (Phi) is 6.40. The molecule has 1 atom stereocenters. The molecule has 5 rings (SSSR count). The van der Waals surface area contributed by atoms with Crippen LogP contribution in [0.2, 0.25) is 0 Å². The second-order valence-electron chi connectivity index (χ2n) is 8.14. The Bertz CT molecular complexity index is 1430. The number of rotatable bonds is 4. The minimum Gasteiger partial charge on any atom is -0.439 e. The number of halogens is 1. The SMILES string of the molecule is CC#CCn1c(N2CCCC(N)C2)nc2cnn(Cc3nc4c(C)cccc4o3)c(=O)c21.Cl. The predicted octanol–water partition coefficient (Wildman–Crippen LogP) is 2.46.